The molecule has 0 amide bonds. The molecule has 0 bridgehead atoms. The van der Waals surface area contributed by atoms with Crippen LogP contribution in [0.3, 0.4) is 0 Å². The first-order valence-corrected chi connectivity index (χ1v) is 6.55. The Morgan fingerprint density at radius 3 is 2.21 bits per heavy atom. The number of aliphatic hydroxyl groups excluding tert-OH is 1. The monoisotopic (exact) mass is 260 g/mol. The fraction of sp³-hybridized carbons (Fsp3) is 0.400. The third kappa shape index (κ3) is 2.63. The first kappa shape index (κ1) is 13.6. The van der Waals surface area contributed by atoms with Crippen LogP contribution in [-0.4, -0.2) is 20.8 Å². The van der Waals surface area contributed by atoms with Crippen molar-refractivity contribution >= 4 is 0 Å². The molecule has 1 unspecified atom stereocenters. The summed E-state index contributed by atoms with van der Waals surface area (Å²) in [6, 6.07) is 7.88. The fourth-order valence-electron chi connectivity index (χ4n) is 2.05. The van der Waals surface area contributed by atoms with E-state index in [9.17, 15) is 4.79 Å². The van der Waals surface area contributed by atoms with Gasteiger partial charge in [-0.25, -0.2) is 4.79 Å². The van der Waals surface area contributed by atoms with E-state index in [1.165, 1.54) is 0 Å². The minimum atomic E-state index is -0.0297. The van der Waals surface area contributed by atoms with Crippen LogP contribution in [0.2, 0.25) is 0 Å². The largest absolute Gasteiger partial charge is 0.396 e. The van der Waals surface area contributed by atoms with E-state index in [-0.39, 0.29) is 24.3 Å². The predicted octanol–water partition coefficient (Wildman–Crippen LogP) is 2.32. The maximum absolute atomic E-state index is 12.2. The highest BCUT2D eigenvalue weighted by atomic mass is 16.3. The summed E-state index contributed by atoms with van der Waals surface area (Å²) in [7, 11) is 0. The molecule has 1 atom stereocenters. The lowest BCUT2D eigenvalue weighted by Crippen LogP contribution is -2.24. The van der Waals surface area contributed by atoms with Crippen molar-refractivity contribution in [2.45, 2.75) is 32.7 Å². The summed E-state index contributed by atoms with van der Waals surface area (Å²) in [6.07, 6.45) is 3.59. The molecule has 2 aromatic rings. The van der Waals surface area contributed by atoms with Crippen LogP contribution in [0.15, 0.2) is 41.5 Å². The number of rotatable bonds is 4. The molecule has 4 heteroatoms. The third-order valence-electron chi connectivity index (χ3n) is 3.37. The van der Waals surface area contributed by atoms with Crippen LogP contribution < -0.4 is 5.69 Å². The molecule has 0 fully saturated rings. The van der Waals surface area contributed by atoms with E-state index in [0.29, 0.717) is 0 Å². The van der Waals surface area contributed by atoms with Crippen molar-refractivity contribution in [1.82, 2.24) is 9.13 Å². The quantitative estimate of drug-likeness (QED) is 0.917. The number of aromatic nitrogens is 2. The van der Waals surface area contributed by atoms with Crippen molar-refractivity contribution in [3.63, 3.8) is 0 Å². The molecule has 102 valence electrons. The molecule has 0 saturated heterocycles. The second kappa shape index (κ2) is 5.45. The number of hydrogen-bond acceptors (Lipinski definition) is 2. The molecule has 4 nitrogen and oxygen atoms in total. The normalized spacial score (nSPS) is 12.9. The van der Waals surface area contributed by atoms with Crippen LogP contribution in [-0.2, 0) is 0 Å². The minimum absolute atomic E-state index is 0.0297. The van der Waals surface area contributed by atoms with Gasteiger partial charge in [0, 0.05) is 31.0 Å². The number of hydrogen-bond donors (Lipinski definition) is 1. The van der Waals surface area contributed by atoms with E-state index in [1.807, 2.05) is 45.0 Å². The molecule has 1 N–H and O–H groups in total. The molecule has 1 aromatic carbocycles. The Morgan fingerprint density at radius 2 is 1.74 bits per heavy atom. The van der Waals surface area contributed by atoms with Gasteiger partial charge in [0.2, 0.25) is 0 Å². The molecule has 0 radical (unpaired) electrons. The summed E-state index contributed by atoms with van der Waals surface area (Å²) in [5, 5.41) is 9.12. The number of benzene rings is 1. The number of nitrogens with zero attached hydrogens (tertiary/aromatic N) is 2. The maximum atomic E-state index is 12.2. The number of imidazole rings is 1. The van der Waals surface area contributed by atoms with Crippen molar-refractivity contribution in [3.05, 3.63) is 52.7 Å². The van der Waals surface area contributed by atoms with Gasteiger partial charge in [0.15, 0.2) is 0 Å². The molecule has 0 aliphatic carbocycles. The summed E-state index contributed by atoms with van der Waals surface area (Å²) < 4.78 is 3.33. The SMILES string of the molecule is CC(CO)c1ccc(-n2ccn(C(C)C)c2=O)cc1. The molecule has 0 spiro atoms. The van der Waals surface area contributed by atoms with Crippen LogP contribution in [0, 0.1) is 0 Å². The summed E-state index contributed by atoms with van der Waals surface area (Å²) in [6.45, 7) is 6.06. The average molecular weight is 260 g/mol. The van der Waals surface area contributed by atoms with Crippen molar-refractivity contribution < 1.29 is 5.11 Å². The van der Waals surface area contributed by atoms with Gasteiger partial charge < -0.3 is 5.11 Å². The third-order valence-corrected chi connectivity index (χ3v) is 3.37. The molecule has 1 aromatic heterocycles. The van der Waals surface area contributed by atoms with Crippen molar-refractivity contribution in [2.24, 2.45) is 0 Å². The number of aliphatic hydroxyl groups is 1. The summed E-state index contributed by atoms with van der Waals surface area (Å²) in [4.78, 5) is 12.2. The zero-order valence-corrected chi connectivity index (χ0v) is 11.6. The highest BCUT2D eigenvalue weighted by molar-refractivity contribution is 5.35. The zero-order valence-electron chi connectivity index (χ0n) is 11.6. The molecule has 1 heterocycles. The second-order valence-electron chi connectivity index (χ2n) is 5.13. The topological polar surface area (TPSA) is 47.2 Å². The Hall–Kier alpha value is -1.81. The highest BCUT2D eigenvalue weighted by Crippen LogP contribution is 2.16. The smallest absolute Gasteiger partial charge is 0.332 e. The van der Waals surface area contributed by atoms with E-state index >= 15 is 0 Å². The van der Waals surface area contributed by atoms with E-state index in [0.717, 1.165) is 11.3 Å². The Morgan fingerprint density at radius 1 is 1.11 bits per heavy atom. The van der Waals surface area contributed by atoms with Gasteiger partial charge in [0.05, 0.1) is 5.69 Å². The molecule has 0 aliphatic heterocycles. The van der Waals surface area contributed by atoms with Crippen LogP contribution in [0.4, 0.5) is 0 Å². The van der Waals surface area contributed by atoms with E-state index in [2.05, 4.69) is 0 Å². The van der Waals surface area contributed by atoms with Crippen LogP contribution in [0.25, 0.3) is 5.69 Å². The maximum Gasteiger partial charge on any atom is 0.332 e. The summed E-state index contributed by atoms with van der Waals surface area (Å²) >= 11 is 0. The molecule has 2 rings (SSSR count). The van der Waals surface area contributed by atoms with Crippen molar-refractivity contribution in [2.75, 3.05) is 6.61 Å². The first-order valence-electron chi connectivity index (χ1n) is 6.55. The molecule has 0 aliphatic rings. The van der Waals surface area contributed by atoms with E-state index in [1.54, 1.807) is 21.5 Å². The molecular formula is C15H20N2O2. The van der Waals surface area contributed by atoms with Gasteiger partial charge in [-0.3, -0.25) is 9.13 Å². The van der Waals surface area contributed by atoms with E-state index in [4.69, 9.17) is 5.11 Å². The van der Waals surface area contributed by atoms with Gasteiger partial charge >= 0.3 is 5.69 Å². The zero-order chi connectivity index (χ0) is 14.0. The van der Waals surface area contributed by atoms with Gasteiger partial charge in [-0.15, -0.1) is 0 Å². The molecule has 19 heavy (non-hydrogen) atoms. The minimum Gasteiger partial charge on any atom is -0.396 e. The summed E-state index contributed by atoms with van der Waals surface area (Å²) in [5.41, 5.74) is 1.89. The van der Waals surface area contributed by atoms with Gasteiger partial charge in [-0.05, 0) is 31.5 Å². The van der Waals surface area contributed by atoms with Crippen LogP contribution in [0.1, 0.15) is 38.3 Å². The standard InChI is InChI=1S/C15H20N2O2/c1-11(2)16-8-9-17(15(16)19)14-6-4-13(5-7-14)12(3)10-18/h4-9,11-12,18H,10H2,1-3H3. The van der Waals surface area contributed by atoms with E-state index < -0.39 is 0 Å². The molecular weight excluding hydrogens is 240 g/mol. The van der Waals surface area contributed by atoms with Gasteiger partial charge in [0.1, 0.15) is 0 Å². The van der Waals surface area contributed by atoms with Gasteiger partial charge in [-0.2, -0.15) is 0 Å². The second-order valence-corrected chi connectivity index (χ2v) is 5.13. The molecule has 0 saturated carbocycles. The van der Waals surface area contributed by atoms with Crippen LogP contribution >= 0.6 is 0 Å². The van der Waals surface area contributed by atoms with Gasteiger partial charge in [-0.1, -0.05) is 19.1 Å². The average Bonchev–Trinajstić information content (AvgIpc) is 2.80. The summed E-state index contributed by atoms with van der Waals surface area (Å²) in [5.74, 6) is 0.117. The van der Waals surface area contributed by atoms with Gasteiger partial charge in [0.25, 0.3) is 0 Å². The Kier molecular flexibility index (Phi) is 3.90. The first-order chi connectivity index (χ1) is 9.04. The van der Waals surface area contributed by atoms with Crippen LogP contribution in [0.5, 0.6) is 0 Å². The Bertz CT molecular complexity index is 593. The van der Waals surface area contributed by atoms with Crippen molar-refractivity contribution in [1.29, 1.82) is 0 Å². The lowest BCUT2D eigenvalue weighted by Gasteiger charge is -2.09. The predicted molar refractivity (Wildman–Crippen MR) is 75.9 cm³/mol. The van der Waals surface area contributed by atoms with Crippen molar-refractivity contribution in [3.8, 4) is 5.69 Å². The lowest BCUT2D eigenvalue weighted by molar-refractivity contribution is 0.273. The Labute approximate surface area is 112 Å². The Balaban J connectivity index is 2.35. The lowest BCUT2D eigenvalue weighted by atomic mass is 10.0. The fourth-order valence-corrected chi connectivity index (χ4v) is 2.05. The highest BCUT2D eigenvalue weighted by Gasteiger charge is 2.08.